The topological polar surface area (TPSA) is 63.3 Å². The van der Waals surface area contributed by atoms with Crippen molar-refractivity contribution in [1.29, 1.82) is 0 Å². The molecule has 0 heterocycles. The molecule has 0 aromatic heterocycles. The van der Waals surface area contributed by atoms with E-state index < -0.39 is 5.97 Å². The van der Waals surface area contributed by atoms with Crippen molar-refractivity contribution < 1.29 is 12.8 Å². The summed E-state index contributed by atoms with van der Waals surface area (Å²) >= 11 is 0. The molecule has 0 aliphatic carbocycles. The van der Waals surface area contributed by atoms with Crippen LogP contribution in [0.5, 0.6) is 0 Å². The maximum absolute atomic E-state index is 9.24. The Hall–Kier alpha value is 0.911. The molecule has 0 bridgehead atoms. The van der Waals surface area contributed by atoms with Gasteiger partial charge in [-0.3, -0.25) is 4.79 Å². The molecular formula is C2H7NO2Sr. The van der Waals surface area contributed by atoms with E-state index in [1.807, 2.05) is 0 Å². The fourth-order valence-corrected chi connectivity index (χ4v) is 0. The monoisotopic (exact) mass is 165 g/mol. The Morgan fingerprint density at radius 1 is 2.00 bits per heavy atom. The summed E-state index contributed by atoms with van der Waals surface area (Å²) < 4.78 is 0. The maximum Gasteiger partial charge on any atom is 2.00 e. The van der Waals surface area contributed by atoms with Crippen LogP contribution in [0.15, 0.2) is 0 Å². The second-order valence-electron chi connectivity index (χ2n) is 0.598. The first-order valence-electron chi connectivity index (χ1n) is 1.19. The predicted octanol–water partition coefficient (Wildman–Crippen LogP) is -1.13. The van der Waals surface area contributed by atoms with Crippen molar-refractivity contribution in [2.75, 3.05) is 6.54 Å². The van der Waals surface area contributed by atoms with Crippen LogP contribution in [0.3, 0.4) is 0 Å². The minimum Gasteiger partial charge on any atom is -1.00 e. The third-order valence-corrected chi connectivity index (χ3v) is 0.175. The van der Waals surface area contributed by atoms with Crippen molar-refractivity contribution in [2.45, 2.75) is 0 Å². The zero-order valence-corrected chi connectivity index (χ0v) is 6.82. The Labute approximate surface area is 75.8 Å². The SMILES string of the molecule is NCC(=O)O.[H-].[H-].[Sr+2]. The predicted molar refractivity (Wildman–Crippen MR) is 24.7 cm³/mol. The first-order chi connectivity index (χ1) is 2.27. The summed E-state index contributed by atoms with van der Waals surface area (Å²) in [6.45, 7) is -0.278. The van der Waals surface area contributed by atoms with Gasteiger partial charge < -0.3 is 13.7 Å². The summed E-state index contributed by atoms with van der Waals surface area (Å²) in [5.41, 5.74) is 4.57. The van der Waals surface area contributed by atoms with E-state index in [-0.39, 0.29) is 54.9 Å². The quantitative estimate of drug-likeness (QED) is 0.483. The molecule has 0 rings (SSSR count). The molecule has 0 saturated heterocycles. The zero-order chi connectivity index (χ0) is 4.28. The Balaban J connectivity index is -0.0000000267. The number of carboxylic acid groups (broad SMARTS) is 1. The van der Waals surface area contributed by atoms with Crippen molar-refractivity contribution in [3.05, 3.63) is 0 Å². The number of hydrogen-bond donors (Lipinski definition) is 2. The number of aliphatic carboxylic acids is 1. The molecule has 0 spiro atoms. The number of rotatable bonds is 1. The summed E-state index contributed by atoms with van der Waals surface area (Å²) in [7, 11) is 0. The zero-order valence-electron chi connectivity index (χ0n) is 5.35. The molecule has 0 amide bonds. The summed E-state index contributed by atoms with van der Waals surface area (Å²) in [6, 6.07) is 0. The minimum atomic E-state index is -0.968. The Bertz CT molecular complexity index is 53.3. The van der Waals surface area contributed by atoms with Crippen molar-refractivity contribution in [2.24, 2.45) is 5.73 Å². The van der Waals surface area contributed by atoms with Crippen LogP contribution in [-0.4, -0.2) is 63.1 Å². The molecule has 3 nitrogen and oxygen atoms in total. The van der Waals surface area contributed by atoms with Crippen LogP contribution in [-0.2, 0) is 4.79 Å². The van der Waals surface area contributed by atoms with Crippen LogP contribution >= 0.6 is 0 Å². The largest absolute Gasteiger partial charge is 2.00 e. The minimum absolute atomic E-state index is 0. The molecule has 0 aliphatic rings. The van der Waals surface area contributed by atoms with Crippen LogP contribution in [0, 0.1) is 0 Å². The second kappa shape index (κ2) is 5.91. The van der Waals surface area contributed by atoms with Gasteiger partial charge in [0.2, 0.25) is 0 Å². The van der Waals surface area contributed by atoms with Gasteiger partial charge in [-0.05, 0) is 0 Å². The molecule has 0 atom stereocenters. The molecule has 0 aromatic rings. The van der Waals surface area contributed by atoms with E-state index in [0.29, 0.717) is 0 Å². The smallest absolute Gasteiger partial charge is 1.00 e. The van der Waals surface area contributed by atoms with Crippen molar-refractivity contribution in [1.82, 2.24) is 0 Å². The third-order valence-electron chi connectivity index (χ3n) is 0.175. The number of hydrogen-bond acceptors (Lipinski definition) is 2. The van der Waals surface area contributed by atoms with Gasteiger partial charge in [-0.2, -0.15) is 0 Å². The van der Waals surface area contributed by atoms with Gasteiger partial charge in [-0.1, -0.05) is 0 Å². The van der Waals surface area contributed by atoms with Gasteiger partial charge in [0.05, 0.1) is 6.54 Å². The van der Waals surface area contributed by atoms with E-state index in [9.17, 15) is 4.79 Å². The van der Waals surface area contributed by atoms with E-state index in [2.05, 4.69) is 5.73 Å². The summed E-state index contributed by atoms with van der Waals surface area (Å²) in [5.74, 6) is -0.968. The Morgan fingerprint density at radius 3 is 2.17 bits per heavy atom. The summed E-state index contributed by atoms with van der Waals surface area (Å²) in [4.78, 5) is 9.24. The van der Waals surface area contributed by atoms with Gasteiger partial charge in [-0.15, -0.1) is 0 Å². The van der Waals surface area contributed by atoms with E-state index >= 15 is 0 Å². The van der Waals surface area contributed by atoms with E-state index in [0.717, 1.165) is 0 Å². The van der Waals surface area contributed by atoms with Crippen LogP contribution in [0.2, 0.25) is 0 Å². The molecule has 0 radical (unpaired) electrons. The second-order valence-corrected chi connectivity index (χ2v) is 0.598. The molecule has 0 aliphatic heterocycles. The Kier molecular flexibility index (Phi) is 9.86. The van der Waals surface area contributed by atoms with Crippen LogP contribution in [0.25, 0.3) is 0 Å². The first-order valence-corrected chi connectivity index (χ1v) is 1.19. The molecular weight excluding hydrogens is 158 g/mol. The van der Waals surface area contributed by atoms with E-state index in [4.69, 9.17) is 5.11 Å². The normalized spacial score (nSPS) is 6.17. The van der Waals surface area contributed by atoms with Crippen molar-refractivity contribution >= 4 is 51.5 Å². The van der Waals surface area contributed by atoms with Gasteiger partial charge in [-0.25, -0.2) is 0 Å². The summed E-state index contributed by atoms with van der Waals surface area (Å²) in [5, 5.41) is 7.60. The van der Waals surface area contributed by atoms with Gasteiger partial charge in [0.1, 0.15) is 0 Å². The van der Waals surface area contributed by atoms with Crippen molar-refractivity contribution in [3.8, 4) is 0 Å². The molecule has 0 aromatic carbocycles. The van der Waals surface area contributed by atoms with Gasteiger partial charge in [0, 0.05) is 0 Å². The molecule has 0 fully saturated rings. The fraction of sp³-hybridized carbons (Fsp3) is 0.500. The van der Waals surface area contributed by atoms with Crippen LogP contribution < -0.4 is 5.73 Å². The molecule has 3 N–H and O–H groups in total. The molecule has 0 saturated carbocycles. The summed E-state index contributed by atoms with van der Waals surface area (Å²) in [6.07, 6.45) is 0. The van der Waals surface area contributed by atoms with Gasteiger partial charge >= 0.3 is 51.5 Å². The molecule has 6 heavy (non-hydrogen) atoms. The standard InChI is InChI=1S/C2H5NO2.Sr.2H/c3-1-2(4)5;;;/h1,3H2,(H,4,5);;;/q;+2;2*-1. The van der Waals surface area contributed by atoms with Gasteiger partial charge in [0.15, 0.2) is 0 Å². The van der Waals surface area contributed by atoms with E-state index in [1.165, 1.54) is 0 Å². The number of carboxylic acids is 1. The number of carbonyl (C=O) groups is 1. The Morgan fingerprint density at radius 2 is 2.17 bits per heavy atom. The fourth-order valence-electron chi connectivity index (χ4n) is 0. The van der Waals surface area contributed by atoms with Gasteiger partial charge in [0.25, 0.3) is 0 Å². The third kappa shape index (κ3) is 8.86. The molecule has 34 valence electrons. The van der Waals surface area contributed by atoms with Crippen molar-refractivity contribution in [3.63, 3.8) is 0 Å². The first kappa shape index (κ1) is 10.0. The molecule has 4 heteroatoms. The maximum atomic E-state index is 9.24. The average Bonchev–Trinajstić information content (AvgIpc) is 1.38. The number of nitrogens with two attached hydrogens (primary N) is 1. The molecule has 0 unspecified atom stereocenters. The van der Waals surface area contributed by atoms with Crippen LogP contribution in [0.1, 0.15) is 2.85 Å². The average molecular weight is 165 g/mol. The van der Waals surface area contributed by atoms with E-state index in [1.54, 1.807) is 0 Å². The van der Waals surface area contributed by atoms with Crippen LogP contribution in [0.4, 0.5) is 0 Å².